The Labute approximate surface area is 73.1 Å². The van der Waals surface area contributed by atoms with Crippen molar-refractivity contribution in [1.82, 2.24) is 4.90 Å². The molecule has 0 aromatic carbocycles. The summed E-state index contributed by atoms with van der Waals surface area (Å²) in [6.07, 6.45) is 3.30. The lowest BCUT2D eigenvalue weighted by molar-refractivity contribution is 0.274. The van der Waals surface area contributed by atoms with E-state index in [0.717, 1.165) is 19.5 Å². The van der Waals surface area contributed by atoms with Crippen LogP contribution in [0.2, 0.25) is 0 Å². The molecule has 0 aromatic heterocycles. The van der Waals surface area contributed by atoms with Crippen LogP contribution in [0.4, 0.5) is 0 Å². The zero-order chi connectivity index (χ0) is 8.39. The normalized spacial score (nSPS) is 28.6. The van der Waals surface area contributed by atoms with Crippen LogP contribution in [0.15, 0.2) is 4.99 Å². The Bertz CT molecular complexity index is 191. The van der Waals surface area contributed by atoms with Crippen LogP contribution in [0.5, 0.6) is 0 Å². The molecule has 0 spiro atoms. The molecule has 68 valence electrons. The van der Waals surface area contributed by atoms with Crippen LogP contribution in [0.25, 0.3) is 0 Å². The number of hydrogen-bond donors (Lipinski definition) is 1. The summed E-state index contributed by atoms with van der Waals surface area (Å²) in [5.74, 6) is 1.82. The van der Waals surface area contributed by atoms with Gasteiger partial charge in [-0.1, -0.05) is 0 Å². The lowest BCUT2D eigenvalue weighted by Gasteiger charge is -2.24. The van der Waals surface area contributed by atoms with Crippen LogP contribution in [-0.2, 0) is 0 Å². The molecule has 0 amide bonds. The van der Waals surface area contributed by atoms with Crippen molar-refractivity contribution in [2.24, 2.45) is 10.9 Å². The maximum absolute atomic E-state index is 8.84. The van der Waals surface area contributed by atoms with E-state index in [1.807, 2.05) is 0 Å². The van der Waals surface area contributed by atoms with Gasteiger partial charge >= 0.3 is 0 Å². The van der Waals surface area contributed by atoms with Crippen LogP contribution in [-0.4, -0.2) is 42.1 Å². The smallest absolute Gasteiger partial charge is 0.102 e. The fourth-order valence-electron chi connectivity index (χ4n) is 2.15. The first-order valence-electron chi connectivity index (χ1n) is 4.82. The zero-order valence-electron chi connectivity index (χ0n) is 7.37. The number of aliphatic hydroxyl groups is 1. The molecule has 12 heavy (non-hydrogen) atoms. The predicted octanol–water partition coefficient (Wildman–Crippen LogP) is 0.493. The SMILES string of the molecule is OCCC1CCN2CCCN=C12. The first-order valence-corrected chi connectivity index (χ1v) is 4.82. The third kappa shape index (κ3) is 1.33. The van der Waals surface area contributed by atoms with Gasteiger partial charge < -0.3 is 10.0 Å². The Hall–Kier alpha value is -0.570. The van der Waals surface area contributed by atoms with Crippen molar-refractivity contribution in [1.29, 1.82) is 0 Å². The third-order valence-corrected chi connectivity index (χ3v) is 2.77. The van der Waals surface area contributed by atoms with Crippen molar-refractivity contribution in [3.8, 4) is 0 Å². The minimum absolute atomic E-state index is 0.303. The molecule has 0 aromatic rings. The molecule has 2 aliphatic rings. The molecule has 2 aliphatic heterocycles. The van der Waals surface area contributed by atoms with Gasteiger partial charge in [-0.2, -0.15) is 0 Å². The second-order valence-electron chi connectivity index (χ2n) is 3.58. The fourth-order valence-corrected chi connectivity index (χ4v) is 2.15. The summed E-state index contributed by atoms with van der Waals surface area (Å²) in [6, 6.07) is 0. The second-order valence-corrected chi connectivity index (χ2v) is 3.58. The molecule has 0 aliphatic carbocycles. The van der Waals surface area contributed by atoms with E-state index in [9.17, 15) is 0 Å². The van der Waals surface area contributed by atoms with Crippen LogP contribution >= 0.6 is 0 Å². The minimum atomic E-state index is 0.303. The van der Waals surface area contributed by atoms with Crippen molar-refractivity contribution in [2.75, 3.05) is 26.2 Å². The lowest BCUT2D eigenvalue weighted by Crippen LogP contribution is -2.32. The molecular formula is C9H16N2O. The van der Waals surface area contributed by atoms with Crippen molar-refractivity contribution < 1.29 is 5.11 Å². The number of rotatable bonds is 2. The average molecular weight is 168 g/mol. The summed E-state index contributed by atoms with van der Waals surface area (Å²) in [6.45, 7) is 3.63. The second kappa shape index (κ2) is 3.44. The van der Waals surface area contributed by atoms with Crippen molar-refractivity contribution >= 4 is 5.84 Å². The van der Waals surface area contributed by atoms with Gasteiger partial charge in [-0.05, 0) is 19.3 Å². The first-order chi connectivity index (χ1) is 5.92. The summed E-state index contributed by atoms with van der Waals surface area (Å²) in [7, 11) is 0. The molecule has 2 rings (SSSR count). The molecule has 1 atom stereocenters. The molecule has 3 nitrogen and oxygen atoms in total. The molecule has 0 bridgehead atoms. The monoisotopic (exact) mass is 168 g/mol. The molecule has 1 N–H and O–H groups in total. The lowest BCUT2D eigenvalue weighted by atomic mass is 10.0. The largest absolute Gasteiger partial charge is 0.396 e. The number of fused-ring (bicyclic) bond motifs is 1. The Morgan fingerprint density at radius 2 is 2.42 bits per heavy atom. The Kier molecular flexibility index (Phi) is 2.30. The number of nitrogens with zero attached hydrogens (tertiary/aromatic N) is 2. The first kappa shape index (κ1) is 8.05. The van der Waals surface area contributed by atoms with Crippen LogP contribution < -0.4 is 0 Å². The highest BCUT2D eigenvalue weighted by atomic mass is 16.3. The number of hydrogen-bond acceptors (Lipinski definition) is 3. The molecule has 1 saturated heterocycles. The van der Waals surface area contributed by atoms with E-state index in [1.165, 1.54) is 25.2 Å². The summed E-state index contributed by atoms with van der Waals surface area (Å²) >= 11 is 0. The standard InChI is InChI=1S/C9H16N2O/c12-7-3-8-2-6-11-5-1-4-10-9(8)11/h8,12H,1-7H2. The van der Waals surface area contributed by atoms with E-state index in [4.69, 9.17) is 5.11 Å². The maximum Gasteiger partial charge on any atom is 0.102 e. The zero-order valence-corrected chi connectivity index (χ0v) is 7.37. The van der Waals surface area contributed by atoms with Crippen LogP contribution in [0, 0.1) is 5.92 Å². The molecule has 1 fully saturated rings. The highest BCUT2D eigenvalue weighted by molar-refractivity contribution is 5.87. The Morgan fingerprint density at radius 3 is 3.25 bits per heavy atom. The van der Waals surface area contributed by atoms with Crippen molar-refractivity contribution in [3.05, 3.63) is 0 Å². The van der Waals surface area contributed by atoms with Crippen molar-refractivity contribution in [3.63, 3.8) is 0 Å². The van der Waals surface area contributed by atoms with Crippen molar-refractivity contribution in [2.45, 2.75) is 19.3 Å². The maximum atomic E-state index is 8.84. The molecule has 3 heteroatoms. The van der Waals surface area contributed by atoms with E-state index in [0.29, 0.717) is 12.5 Å². The van der Waals surface area contributed by atoms with Gasteiger partial charge in [-0.15, -0.1) is 0 Å². The van der Waals surface area contributed by atoms with E-state index >= 15 is 0 Å². The summed E-state index contributed by atoms with van der Waals surface area (Å²) in [5, 5.41) is 8.84. The fraction of sp³-hybridized carbons (Fsp3) is 0.889. The highest BCUT2D eigenvalue weighted by Gasteiger charge is 2.29. The Morgan fingerprint density at radius 1 is 1.50 bits per heavy atom. The average Bonchev–Trinajstić information content (AvgIpc) is 2.50. The summed E-state index contributed by atoms with van der Waals surface area (Å²) in [4.78, 5) is 6.90. The predicted molar refractivity (Wildman–Crippen MR) is 48.3 cm³/mol. The van der Waals surface area contributed by atoms with E-state index in [2.05, 4.69) is 9.89 Å². The van der Waals surface area contributed by atoms with Gasteiger partial charge in [0.05, 0.1) is 0 Å². The molecule has 1 unspecified atom stereocenters. The highest BCUT2D eigenvalue weighted by Crippen LogP contribution is 2.24. The number of amidine groups is 1. The van der Waals surface area contributed by atoms with E-state index in [1.54, 1.807) is 0 Å². The van der Waals surface area contributed by atoms with Gasteiger partial charge in [-0.3, -0.25) is 4.99 Å². The van der Waals surface area contributed by atoms with E-state index < -0.39 is 0 Å². The van der Waals surface area contributed by atoms with Gasteiger partial charge in [0.25, 0.3) is 0 Å². The topological polar surface area (TPSA) is 35.8 Å². The van der Waals surface area contributed by atoms with Gasteiger partial charge in [-0.25, -0.2) is 0 Å². The molecule has 0 saturated carbocycles. The van der Waals surface area contributed by atoms with Gasteiger partial charge in [0.1, 0.15) is 5.84 Å². The van der Waals surface area contributed by atoms with Crippen LogP contribution in [0.3, 0.4) is 0 Å². The van der Waals surface area contributed by atoms with Gasteiger partial charge in [0, 0.05) is 32.2 Å². The molecule has 2 heterocycles. The third-order valence-electron chi connectivity index (χ3n) is 2.77. The van der Waals surface area contributed by atoms with Gasteiger partial charge in [0.15, 0.2) is 0 Å². The van der Waals surface area contributed by atoms with Gasteiger partial charge in [0.2, 0.25) is 0 Å². The minimum Gasteiger partial charge on any atom is -0.396 e. The summed E-state index contributed by atoms with van der Waals surface area (Å²) < 4.78 is 0. The number of aliphatic hydroxyl groups excluding tert-OH is 1. The van der Waals surface area contributed by atoms with Crippen LogP contribution in [0.1, 0.15) is 19.3 Å². The molecular weight excluding hydrogens is 152 g/mol. The quantitative estimate of drug-likeness (QED) is 0.651. The Balaban J connectivity index is 2.04. The summed E-state index contributed by atoms with van der Waals surface area (Å²) in [5.41, 5.74) is 0. The molecule has 0 radical (unpaired) electrons. The van der Waals surface area contributed by atoms with E-state index in [-0.39, 0.29) is 0 Å². The number of aliphatic imine (C=N–C) groups is 1.